The summed E-state index contributed by atoms with van der Waals surface area (Å²) >= 11 is 0. The topological polar surface area (TPSA) is 107 Å². The molecule has 0 saturated carbocycles. The van der Waals surface area contributed by atoms with Crippen molar-refractivity contribution < 1.29 is 32.3 Å². The van der Waals surface area contributed by atoms with Crippen LogP contribution in [-0.2, 0) is 14.6 Å². The second-order valence-electron chi connectivity index (χ2n) is 6.79. The molecule has 0 unspecified atom stereocenters. The average Bonchev–Trinajstić information content (AvgIpc) is 2.95. The molecule has 2 aromatic rings. The van der Waals surface area contributed by atoms with Gasteiger partial charge in [-0.3, -0.25) is 14.5 Å². The third kappa shape index (κ3) is 4.68. The lowest BCUT2D eigenvalue weighted by Gasteiger charge is -2.24. The van der Waals surface area contributed by atoms with E-state index in [9.17, 15) is 22.8 Å². The summed E-state index contributed by atoms with van der Waals surface area (Å²) in [6, 6.07) is 11.1. The van der Waals surface area contributed by atoms with Crippen LogP contribution in [0.3, 0.4) is 0 Å². The number of sulfone groups is 1. The van der Waals surface area contributed by atoms with E-state index in [1.807, 2.05) is 6.92 Å². The molecule has 3 rings (SSSR count). The van der Waals surface area contributed by atoms with E-state index < -0.39 is 33.7 Å². The van der Waals surface area contributed by atoms with Gasteiger partial charge in [-0.15, -0.1) is 0 Å². The van der Waals surface area contributed by atoms with Crippen molar-refractivity contribution in [2.45, 2.75) is 19.4 Å². The van der Waals surface area contributed by atoms with E-state index in [1.165, 1.54) is 24.3 Å². The number of nitrogens with zero attached hydrogens (tertiary/aromatic N) is 1. The van der Waals surface area contributed by atoms with Gasteiger partial charge < -0.3 is 9.47 Å². The summed E-state index contributed by atoms with van der Waals surface area (Å²) < 4.78 is 34.0. The molecule has 0 aliphatic carbocycles. The average molecular weight is 431 g/mol. The normalized spacial score (nSPS) is 14.4. The Morgan fingerprint density at radius 1 is 0.967 bits per heavy atom. The molecule has 9 heteroatoms. The Morgan fingerprint density at radius 3 is 2.00 bits per heavy atom. The van der Waals surface area contributed by atoms with Gasteiger partial charge in [-0.05, 0) is 49.7 Å². The number of imide groups is 1. The third-order valence-corrected chi connectivity index (χ3v) is 5.50. The van der Waals surface area contributed by atoms with Crippen molar-refractivity contribution in [3.05, 3.63) is 59.7 Å². The molecule has 0 aromatic heterocycles. The number of hydrogen-bond donors (Lipinski definition) is 0. The summed E-state index contributed by atoms with van der Waals surface area (Å²) in [5.41, 5.74) is 0.335. The van der Waals surface area contributed by atoms with Gasteiger partial charge >= 0.3 is 5.97 Å². The molecule has 1 heterocycles. The highest BCUT2D eigenvalue weighted by Crippen LogP contribution is 2.27. The summed E-state index contributed by atoms with van der Waals surface area (Å²) in [6.45, 7) is 2.31. The number of carbonyl (C=O) groups is 3. The van der Waals surface area contributed by atoms with Crippen LogP contribution in [0.1, 0.15) is 34.1 Å². The Kier molecular flexibility index (Phi) is 6.21. The number of ether oxygens (including phenoxy) is 2. The number of hydrogen-bond acceptors (Lipinski definition) is 7. The highest BCUT2D eigenvalue weighted by molar-refractivity contribution is 7.90. The molecule has 8 nitrogen and oxygen atoms in total. The van der Waals surface area contributed by atoms with Crippen molar-refractivity contribution in [2.24, 2.45) is 0 Å². The monoisotopic (exact) mass is 431 g/mol. The van der Waals surface area contributed by atoms with Gasteiger partial charge in [0.1, 0.15) is 27.4 Å². The quantitative estimate of drug-likeness (QED) is 0.358. The third-order valence-electron chi connectivity index (χ3n) is 4.52. The predicted molar refractivity (Wildman–Crippen MR) is 108 cm³/mol. The molecule has 2 amide bonds. The minimum absolute atomic E-state index is 0.167. The van der Waals surface area contributed by atoms with Crippen molar-refractivity contribution >= 4 is 27.6 Å². The molecule has 30 heavy (non-hydrogen) atoms. The minimum Gasteiger partial charge on any atom is -0.494 e. The van der Waals surface area contributed by atoms with Crippen LogP contribution in [0.2, 0.25) is 0 Å². The van der Waals surface area contributed by atoms with Crippen LogP contribution < -0.4 is 9.47 Å². The summed E-state index contributed by atoms with van der Waals surface area (Å²) in [6.07, 6.45) is 0.754. The molecule has 2 aromatic carbocycles. The van der Waals surface area contributed by atoms with Crippen LogP contribution in [-0.4, -0.2) is 55.8 Å². The van der Waals surface area contributed by atoms with Crippen LogP contribution in [0.25, 0.3) is 0 Å². The maximum Gasteiger partial charge on any atom is 0.334 e. The summed E-state index contributed by atoms with van der Waals surface area (Å²) in [7, 11) is -3.44. The Labute approximate surface area is 174 Å². The maximum atomic E-state index is 12.9. The first kappa shape index (κ1) is 21.5. The van der Waals surface area contributed by atoms with Gasteiger partial charge in [0.15, 0.2) is 0 Å². The number of esters is 1. The molecular formula is C21H21NO7S. The van der Waals surface area contributed by atoms with Crippen LogP contribution >= 0.6 is 0 Å². The van der Waals surface area contributed by atoms with Crippen LogP contribution in [0.5, 0.6) is 11.5 Å². The number of carbonyl (C=O) groups excluding carboxylic acids is 3. The molecule has 0 bridgehead atoms. The highest BCUT2D eigenvalue weighted by atomic mass is 32.2. The Bertz CT molecular complexity index is 1040. The zero-order chi connectivity index (χ0) is 21.9. The standard InChI is InChI=1S/C21H21NO7S/c1-3-28-14-8-10-15(11-9-14)29-21(25)18(12-13-30(2,26)27)22-19(23)16-6-4-5-7-17(16)20(22)24/h4-11,18H,3,12-13H2,1-2H3/t18-/m0/s1. The molecule has 1 aliphatic rings. The lowest BCUT2D eigenvalue weighted by atomic mass is 10.1. The smallest absolute Gasteiger partial charge is 0.334 e. The first-order chi connectivity index (χ1) is 14.2. The van der Waals surface area contributed by atoms with E-state index in [4.69, 9.17) is 9.47 Å². The maximum absolute atomic E-state index is 12.9. The Hall–Kier alpha value is -3.20. The minimum atomic E-state index is -3.44. The van der Waals surface area contributed by atoms with E-state index in [2.05, 4.69) is 0 Å². The van der Waals surface area contributed by atoms with Crippen molar-refractivity contribution in [2.75, 3.05) is 18.6 Å². The first-order valence-electron chi connectivity index (χ1n) is 9.30. The number of benzene rings is 2. The first-order valence-corrected chi connectivity index (χ1v) is 11.4. The lowest BCUT2D eigenvalue weighted by molar-refractivity contribution is -0.138. The molecule has 0 saturated heterocycles. The van der Waals surface area contributed by atoms with Gasteiger partial charge in [0.2, 0.25) is 0 Å². The van der Waals surface area contributed by atoms with Crippen LogP contribution in [0.15, 0.2) is 48.5 Å². The van der Waals surface area contributed by atoms with Crippen molar-refractivity contribution in [1.82, 2.24) is 4.90 Å². The molecule has 0 spiro atoms. The van der Waals surface area contributed by atoms with Gasteiger partial charge in [0.25, 0.3) is 11.8 Å². The fourth-order valence-corrected chi connectivity index (χ4v) is 3.78. The summed E-state index contributed by atoms with van der Waals surface area (Å²) in [4.78, 5) is 39.2. The lowest BCUT2D eigenvalue weighted by Crippen LogP contribution is -2.47. The molecule has 1 aliphatic heterocycles. The van der Waals surface area contributed by atoms with Crippen molar-refractivity contribution in [3.63, 3.8) is 0 Å². The fraction of sp³-hybridized carbons (Fsp3) is 0.286. The number of rotatable bonds is 8. The SMILES string of the molecule is CCOc1ccc(OC(=O)[C@H](CCS(C)(=O)=O)N2C(=O)c3ccccc3C2=O)cc1. The molecule has 0 fully saturated rings. The van der Waals surface area contributed by atoms with Gasteiger partial charge in [0, 0.05) is 6.26 Å². The van der Waals surface area contributed by atoms with Crippen molar-refractivity contribution in [1.29, 1.82) is 0 Å². The van der Waals surface area contributed by atoms with E-state index in [0.717, 1.165) is 11.2 Å². The van der Waals surface area contributed by atoms with Gasteiger partial charge in [-0.2, -0.15) is 0 Å². The van der Waals surface area contributed by atoms with Gasteiger partial charge in [0.05, 0.1) is 23.5 Å². The second kappa shape index (κ2) is 8.66. The van der Waals surface area contributed by atoms with Crippen LogP contribution in [0.4, 0.5) is 0 Å². The zero-order valence-corrected chi connectivity index (χ0v) is 17.3. The van der Waals surface area contributed by atoms with E-state index in [-0.39, 0.29) is 29.1 Å². The predicted octanol–water partition coefficient (Wildman–Crippen LogP) is 2.09. The Balaban J connectivity index is 1.86. The molecule has 158 valence electrons. The zero-order valence-electron chi connectivity index (χ0n) is 16.5. The fourth-order valence-electron chi connectivity index (χ4n) is 3.12. The van der Waals surface area contributed by atoms with E-state index in [0.29, 0.717) is 12.4 Å². The number of fused-ring (bicyclic) bond motifs is 1. The van der Waals surface area contributed by atoms with Gasteiger partial charge in [-0.1, -0.05) is 12.1 Å². The molecule has 0 radical (unpaired) electrons. The van der Waals surface area contributed by atoms with E-state index in [1.54, 1.807) is 24.3 Å². The van der Waals surface area contributed by atoms with Crippen molar-refractivity contribution in [3.8, 4) is 11.5 Å². The summed E-state index contributed by atoms with van der Waals surface area (Å²) in [5.74, 6) is -1.81. The second-order valence-corrected chi connectivity index (χ2v) is 9.05. The number of amides is 2. The summed E-state index contributed by atoms with van der Waals surface area (Å²) in [5, 5.41) is 0. The molecular weight excluding hydrogens is 410 g/mol. The largest absolute Gasteiger partial charge is 0.494 e. The molecule has 0 N–H and O–H groups in total. The van der Waals surface area contributed by atoms with Crippen LogP contribution in [0, 0.1) is 0 Å². The van der Waals surface area contributed by atoms with E-state index >= 15 is 0 Å². The Morgan fingerprint density at radius 2 is 1.50 bits per heavy atom. The highest BCUT2D eigenvalue weighted by Gasteiger charge is 2.43. The van der Waals surface area contributed by atoms with Gasteiger partial charge in [-0.25, -0.2) is 13.2 Å². The molecule has 1 atom stereocenters.